The highest BCUT2D eigenvalue weighted by atomic mass is 19.1. The van der Waals surface area contributed by atoms with Gasteiger partial charge in [-0.05, 0) is 23.8 Å². The highest BCUT2D eigenvalue weighted by molar-refractivity contribution is 6.02. The van der Waals surface area contributed by atoms with Crippen LogP contribution in [0.1, 0.15) is 16.1 Å². The summed E-state index contributed by atoms with van der Waals surface area (Å²) in [6.07, 6.45) is 1.56. The van der Waals surface area contributed by atoms with Crippen molar-refractivity contribution in [3.63, 3.8) is 0 Å². The summed E-state index contributed by atoms with van der Waals surface area (Å²) in [4.78, 5) is 12.0. The molecular weight excluding hydrogens is 283 g/mol. The number of aromatic nitrogens is 3. The number of amides is 1. The van der Waals surface area contributed by atoms with E-state index < -0.39 is 11.7 Å². The summed E-state index contributed by atoms with van der Waals surface area (Å²) in [5.41, 5.74) is 1.62. The van der Waals surface area contributed by atoms with E-state index in [1.54, 1.807) is 16.9 Å². The van der Waals surface area contributed by atoms with Crippen molar-refractivity contribution in [1.82, 2.24) is 15.0 Å². The number of hydrogen-bond acceptors (Lipinski definition) is 3. The van der Waals surface area contributed by atoms with Crippen molar-refractivity contribution in [3.05, 3.63) is 77.9 Å². The maximum absolute atomic E-state index is 13.1. The molecule has 0 unspecified atom stereocenters. The predicted molar refractivity (Wildman–Crippen MR) is 79.9 cm³/mol. The quantitative estimate of drug-likeness (QED) is 0.805. The van der Waals surface area contributed by atoms with E-state index in [0.717, 1.165) is 5.56 Å². The largest absolute Gasteiger partial charge is 0.320 e. The molecular formula is C16H13FN4O. The number of nitrogens with one attached hydrogen (secondary N) is 1. The Hall–Kier alpha value is -3.02. The van der Waals surface area contributed by atoms with Gasteiger partial charge in [-0.25, -0.2) is 9.07 Å². The molecule has 0 saturated carbocycles. The number of carbonyl (C=O) groups is 1. The lowest BCUT2D eigenvalue weighted by Crippen LogP contribution is -2.12. The van der Waals surface area contributed by atoms with Gasteiger partial charge in [0, 0.05) is 5.69 Å². The number of halogens is 1. The molecule has 0 aliphatic carbocycles. The molecule has 110 valence electrons. The normalized spacial score (nSPS) is 10.4. The molecule has 0 bridgehead atoms. The Morgan fingerprint density at radius 2 is 1.95 bits per heavy atom. The lowest BCUT2D eigenvalue weighted by molar-refractivity contribution is 0.102. The first kappa shape index (κ1) is 13.9. The molecule has 3 aromatic rings. The molecule has 2 aromatic carbocycles. The fourth-order valence-corrected chi connectivity index (χ4v) is 2.01. The lowest BCUT2D eigenvalue weighted by atomic mass is 10.2. The van der Waals surface area contributed by atoms with Crippen LogP contribution in [0.4, 0.5) is 10.1 Å². The van der Waals surface area contributed by atoms with E-state index in [4.69, 9.17) is 0 Å². The van der Waals surface area contributed by atoms with Crippen LogP contribution in [0, 0.1) is 5.82 Å². The van der Waals surface area contributed by atoms with E-state index in [1.807, 2.05) is 30.3 Å². The minimum absolute atomic E-state index is 0.181. The summed E-state index contributed by atoms with van der Waals surface area (Å²) < 4.78 is 14.7. The van der Waals surface area contributed by atoms with Crippen LogP contribution in [-0.2, 0) is 6.54 Å². The zero-order valence-corrected chi connectivity index (χ0v) is 11.6. The number of benzene rings is 2. The van der Waals surface area contributed by atoms with E-state index in [0.29, 0.717) is 12.2 Å². The summed E-state index contributed by atoms with van der Waals surface area (Å²) in [6.45, 7) is 0.529. The van der Waals surface area contributed by atoms with Crippen molar-refractivity contribution in [1.29, 1.82) is 0 Å². The van der Waals surface area contributed by atoms with Crippen molar-refractivity contribution in [3.8, 4) is 0 Å². The molecule has 1 amide bonds. The number of hydrogen-bond donors (Lipinski definition) is 1. The Kier molecular flexibility index (Phi) is 3.91. The highest BCUT2D eigenvalue weighted by Crippen LogP contribution is 2.10. The zero-order valence-electron chi connectivity index (χ0n) is 11.6. The molecule has 1 aromatic heterocycles. The molecule has 0 radical (unpaired) electrons. The standard InChI is InChI=1S/C16H13FN4O/c17-13-7-4-8-14(9-13)18-16(22)15-11-21(20-19-15)10-12-5-2-1-3-6-12/h1-9,11H,10H2,(H,18,22). The second kappa shape index (κ2) is 6.17. The summed E-state index contributed by atoms with van der Waals surface area (Å²) in [5.74, 6) is -0.838. The van der Waals surface area contributed by atoms with Gasteiger partial charge in [-0.2, -0.15) is 0 Å². The van der Waals surface area contributed by atoms with Crippen LogP contribution in [0.25, 0.3) is 0 Å². The second-order valence-corrected chi connectivity index (χ2v) is 4.75. The summed E-state index contributed by atoms with van der Waals surface area (Å²) in [5, 5.41) is 10.3. The van der Waals surface area contributed by atoms with E-state index in [9.17, 15) is 9.18 Å². The minimum Gasteiger partial charge on any atom is -0.320 e. The van der Waals surface area contributed by atoms with Crippen molar-refractivity contribution in [2.75, 3.05) is 5.32 Å². The minimum atomic E-state index is -0.426. The smallest absolute Gasteiger partial charge is 0.277 e. The van der Waals surface area contributed by atoms with Crippen LogP contribution < -0.4 is 5.32 Å². The highest BCUT2D eigenvalue weighted by Gasteiger charge is 2.11. The first-order valence-electron chi connectivity index (χ1n) is 6.72. The molecule has 1 heterocycles. The van der Waals surface area contributed by atoms with Crippen LogP contribution >= 0.6 is 0 Å². The molecule has 0 spiro atoms. The van der Waals surface area contributed by atoms with Crippen LogP contribution in [0.5, 0.6) is 0 Å². The third-order valence-corrected chi connectivity index (χ3v) is 3.04. The molecule has 3 rings (SSSR count). The summed E-state index contributed by atoms with van der Waals surface area (Å²) in [6, 6.07) is 15.4. The van der Waals surface area contributed by atoms with Gasteiger partial charge in [-0.15, -0.1) is 5.10 Å². The summed E-state index contributed by atoms with van der Waals surface area (Å²) in [7, 11) is 0. The van der Waals surface area contributed by atoms with Crippen LogP contribution in [-0.4, -0.2) is 20.9 Å². The van der Waals surface area contributed by atoms with E-state index in [2.05, 4.69) is 15.6 Å². The average molecular weight is 296 g/mol. The first-order valence-corrected chi connectivity index (χ1v) is 6.72. The van der Waals surface area contributed by atoms with Crippen molar-refractivity contribution in [2.24, 2.45) is 0 Å². The molecule has 0 atom stereocenters. The van der Waals surface area contributed by atoms with Gasteiger partial charge in [-0.3, -0.25) is 4.79 Å². The van der Waals surface area contributed by atoms with E-state index in [1.165, 1.54) is 18.2 Å². The third kappa shape index (κ3) is 3.35. The SMILES string of the molecule is O=C(Nc1cccc(F)c1)c1cn(Cc2ccccc2)nn1. The second-order valence-electron chi connectivity index (χ2n) is 4.75. The Morgan fingerprint density at radius 3 is 2.73 bits per heavy atom. The monoisotopic (exact) mass is 296 g/mol. The van der Waals surface area contributed by atoms with E-state index >= 15 is 0 Å². The Balaban J connectivity index is 1.69. The predicted octanol–water partition coefficient (Wildman–Crippen LogP) is 2.72. The van der Waals surface area contributed by atoms with Gasteiger partial charge in [0.05, 0.1) is 12.7 Å². The maximum atomic E-state index is 13.1. The van der Waals surface area contributed by atoms with Gasteiger partial charge in [0.1, 0.15) is 5.82 Å². The van der Waals surface area contributed by atoms with Gasteiger partial charge in [-0.1, -0.05) is 41.6 Å². The van der Waals surface area contributed by atoms with Gasteiger partial charge < -0.3 is 5.32 Å². The molecule has 0 aliphatic rings. The fourth-order valence-electron chi connectivity index (χ4n) is 2.01. The molecule has 1 N–H and O–H groups in total. The van der Waals surface area contributed by atoms with Crippen molar-refractivity contribution < 1.29 is 9.18 Å². The molecule has 6 heteroatoms. The van der Waals surface area contributed by atoms with Gasteiger partial charge >= 0.3 is 0 Å². The van der Waals surface area contributed by atoms with Gasteiger partial charge in [0.25, 0.3) is 5.91 Å². The molecule has 5 nitrogen and oxygen atoms in total. The molecule has 0 saturated heterocycles. The molecule has 0 fully saturated rings. The van der Waals surface area contributed by atoms with Crippen molar-refractivity contribution >= 4 is 11.6 Å². The number of nitrogens with zero attached hydrogens (tertiary/aromatic N) is 3. The third-order valence-electron chi connectivity index (χ3n) is 3.04. The zero-order chi connectivity index (χ0) is 15.4. The summed E-state index contributed by atoms with van der Waals surface area (Å²) >= 11 is 0. The van der Waals surface area contributed by atoms with Crippen LogP contribution in [0.3, 0.4) is 0 Å². The number of rotatable bonds is 4. The van der Waals surface area contributed by atoms with Crippen LogP contribution in [0.15, 0.2) is 60.8 Å². The van der Waals surface area contributed by atoms with Gasteiger partial charge in [0.15, 0.2) is 5.69 Å². The molecule has 22 heavy (non-hydrogen) atoms. The topological polar surface area (TPSA) is 59.8 Å². The van der Waals surface area contributed by atoms with Crippen LogP contribution in [0.2, 0.25) is 0 Å². The number of anilines is 1. The maximum Gasteiger partial charge on any atom is 0.277 e. The first-order chi connectivity index (χ1) is 10.7. The van der Waals surface area contributed by atoms with Gasteiger partial charge in [0.2, 0.25) is 0 Å². The fraction of sp³-hybridized carbons (Fsp3) is 0.0625. The van der Waals surface area contributed by atoms with Crippen molar-refractivity contribution in [2.45, 2.75) is 6.54 Å². The Bertz CT molecular complexity index is 786. The van der Waals surface area contributed by atoms with E-state index in [-0.39, 0.29) is 5.69 Å². The Morgan fingerprint density at radius 1 is 1.14 bits per heavy atom. The average Bonchev–Trinajstić information content (AvgIpc) is 2.97. The molecule has 0 aliphatic heterocycles. The Labute approximate surface area is 126 Å². The number of carbonyl (C=O) groups excluding carboxylic acids is 1. The lowest BCUT2D eigenvalue weighted by Gasteiger charge is -2.02.